The number of unbranched alkanes of at least 4 members (excludes halogenated alkanes) is 1. The van der Waals surface area contributed by atoms with E-state index in [0.29, 0.717) is 11.5 Å². The van der Waals surface area contributed by atoms with Crippen LogP contribution < -0.4 is 0 Å². The van der Waals surface area contributed by atoms with Gasteiger partial charge in [-0.25, -0.2) is 0 Å². The molecule has 0 amide bonds. The molecule has 1 aliphatic rings. The van der Waals surface area contributed by atoms with Gasteiger partial charge < -0.3 is 4.90 Å². The summed E-state index contributed by atoms with van der Waals surface area (Å²) >= 11 is 1.37. The number of thiocyanates is 1. The molecule has 0 aromatic rings. The van der Waals surface area contributed by atoms with E-state index in [1.165, 1.54) is 30.3 Å². The lowest BCUT2D eigenvalue weighted by molar-refractivity contribution is 0.0869. The summed E-state index contributed by atoms with van der Waals surface area (Å²) in [7, 11) is 0. The molecular formula is C17H30N2S. The Morgan fingerprint density at radius 3 is 2.60 bits per heavy atom. The standard InChI is InChI=1S/C17H30N2S/c1-14-11-17(5,6)12-15(19(14)16(2,3)4)9-7-8-10-20-13-18/h12,14H,7-11H2,1-6H3. The number of allylic oxidation sites excluding steroid dienone is 2. The summed E-state index contributed by atoms with van der Waals surface area (Å²) in [6, 6.07) is 0.596. The molecule has 0 radical (unpaired) electrons. The van der Waals surface area contributed by atoms with Gasteiger partial charge in [0.2, 0.25) is 0 Å². The zero-order valence-corrected chi connectivity index (χ0v) is 14.8. The van der Waals surface area contributed by atoms with E-state index in [9.17, 15) is 0 Å². The maximum Gasteiger partial charge on any atom is 0.133 e. The first-order valence-corrected chi connectivity index (χ1v) is 8.68. The molecule has 1 aliphatic heterocycles. The van der Waals surface area contributed by atoms with E-state index >= 15 is 0 Å². The van der Waals surface area contributed by atoms with Gasteiger partial charge in [0.1, 0.15) is 5.40 Å². The Balaban J connectivity index is 2.75. The summed E-state index contributed by atoms with van der Waals surface area (Å²) in [6.45, 7) is 14.0. The first-order chi connectivity index (χ1) is 9.17. The summed E-state index contributed by atoms with van der Waals surface area (Å²) < 4.78 is 0. The molecule has 114 valence electrons. The molecule has 20 heavy (non-hydrogen) atoms. The highest BCUT2D eigenvalue weighted by Gasteiger charge is 2.35. The Labute approximate surface area is 129 Å². The Morgan fingerprint density at radius 2 is 2.05 bits per heavy atom. The summed E-state index contributed by atoms with van der Waals surface area (Å²) in [5.74, 6) is 0.957. The molecule has 0 spiro atoms. The first-order valence-electron chi connectivity index (χ1n) is 7.69. The predicted molar refractivity (Wildman–Crippen MR) is 89.5 cm³/mol. The number of hydrogen-bond acceptors (Lipinski definition) is 3. The van der Waals surface area contributed by atoms with Crippen molar-refractivity contribution in [3.8, 4) is 5.40 Å². The fourth-order valence-electron chi connectivity index (χ4n) is 3.53. The van der Waals surface area contributed by atoms with Crippen molar-refractivity contribution >= 4 is 11.8 Å². The van der Waals surface area contributed by atoms with Gasteiger partial charge in [-0.2, -0.15) is 5.26 Å². The van der Waals surface area contributed by atoms with Crippen LogP contribution in [-0.2, 0) is 0 Å². The minimum absolute atomic E-state index is 0.184. The molecule has 0 fully saturated rings. The van der Waals surface area contributed by atoms with Crippen LogP contribution in [0.1, 0.15) is 67.2 Å². The number of hydrogen-bond donors (Lipinski definition) is 0. The largest absolute Gasteiger partial charge is 0.367 e. The lowest BCUT2D eigenvalue weighted by Gasteiger charge is -2.50. The zero-order chi connectivity index (χ0) is 15.4. The second-order valence-electron chi connectivity index (χ2n) is 7.62. The average molecular weight is 295 g/mol. The average Bonchev–Trinajstić information content (AvgIpc) is 2.24. The highest BCUT2D eigenvalue weighted by Crippen LogP contribution is 2.39. The zero-order valence-electron chi connectivity index (χ0n) is 14.0. The SMILES string of the molecule is CC1CC(C)(C)C=C(CCCCSC#N)N1C(C)(C)C. The van der Waals surface area contributed by atoms with Crippen LogP contribution in [0.5, 0.6) is 0 Å². The van der Waals surface area contributed by atoms with E-state index < -0.39 is 0 Å². The van der Waals surface area contributed by atoms with Gasteiger partial charge in [-0.1, -0.05) is 19.9 Å². The summed E-state index contributed by atoms with van der Waals surface area (Å²) in [6.07, 6.45) is 7.14. The first kappa shape index (κ1) is 17.4. The smallest absolute Gasteiger partial charge is 0.133 e. The van der Waals surface area contributed by atoms with E-state index in [-0.39, 0.29) is 5.54 Å². The summed E-state index contributed by atoms with van der Waals surface area (Å²) in [4.78, 5) is 2.61. The quantitative estimate of drug-likeness (QED) is 0.517. The Morgan fingerprint density at radius 1 is 1.40 bits per heavy atom. The van der Waals surface area contributed by atoms with Gasteiger partial charge in [-0.05, 0) is 70.6 Å². The van der Waals surface area contributed by atoms with E-state index in [1.54, 1.807) is 0 Å². The van der Waals surface area contributed by atoms with Crippen LogP contribution in [0, 0.1) is 16.1 Å². The van der Waals surface area contributed by atoms with Crippen LogP contribution in [0.3, 0.4) is 0 Å². The van der Waals surface area contributed by atoms with Crippen molar-refractivity contribution in [3.63, 3.8) is 0 Å². The van der Waals surface area contributed by atoms with Crippen LogP contribution in [0.2, 0.25) is 0 Å². The van der Waals surface area contributed by atoms with E-state index in [4.69, 9.17) is 5.26 Å². The fraction of sp³-hybridized carbons (Fsp3) is 0.824. The van der Waals surface area contributed by atoms with Gasteiger partial charge in [0.15, 0.2) is 0 Å². The van der Waals surface area contributed by atoms with Crippen molar-refractivity contribution in [2.24, 2.45) is 5.41 Å². The molecule has 0 bridgehead atoms. The van der Waals surface area contributed by atoms with Gasteiger partial charge in [0, 0.05) is 23.0 Å². The van der Waals surface area contributed by atoms with Gasteiger partial charge in [-0.3, -0.25) is 0 Å². The molecule has 0 N–H and O–H groups in total. The third kappa shape index (κ3) is 5.05. The minimum atomic E-state index is 0.184. The third-order valence-electron chi connectivity index (χ3n) is 3.85. The molecule has 0 aromatic carbocycles. The van der Waals surface area contributed by atoms with E-state index in [1.807, 2.05) is 0 Å². The van der Waals surface area contributed by atoms with Crippen molar-refractivity contribution in [2.75, 3.05) is 5.75 Å². The van der Waals surface area contributed by atoms with Crippen LogP contribution in [0.15, 0.2) is 11.8 Å². The lowest BCUT2D eigenvalue weighted by atomic mass is 9.79. The molecule has 0 saturated heterocycles. The molecule has 1 unspecified atom stereocenters. The second-order valence-corrected chi connectivity index (χ2v) is 8.49. The molecule has 0 aliphatic carbocycles. The Hall–Kier alpha value is -0.620. The topological polar surface area (TPSA) is 27.0 Å². The monoisotopic (exact) mass is 294 g/mol. The van der Waals surface area contributed by atoms with Crippen LogP contribution in [0.4, 0.5) is 0 Å². The van der Waals surface area contributed by atoms with Gasteiger partial charge in [-0.15, -0.1) is 0 Å². The predicted octanol–water partition coefficient (Wildman–Crippen LogP) is 5.17. The fourth-order valence-corrected chi connectivity index (χ4v) is 3.97. The summed E-state index contributed by atoms with van der Waals surface area (Å²) in [5.41, 5.74) is 1.99. The molecule has 2 nitrogen and oxygen atoms in total. The molecule has 1 rings (SSSR count). The van der Waals surface area contributed by atoms with Gasteiger partial charge >= 0.3 is 0 Å². The van der Waals surface area contributed by atoms with Gasteiger partial charge in [0.25, 0.3) is 0 Å². The maximum atomic E-state index is 8.56. The number of thioether (sulfide) groups is 1. The van der Waals surface area contributed by atoms with Crippen molar-refractivity contribution in [1.29, 1.82) is 5.26 Å². The van der Waals surface area contributed by atoms with Crippen LogP contribution >= 0.6 is 11.8 Å². The Bertz CT molecular complexity index is 385. The highest BCUT2D eigenvalue weighted by atomic mass is 32.2. The molecule has 0 aromatic heterocycles. The molecule has 1 heterocycles. The van der Waals surface area contributed by atoms with Crippen LogP contribution in [-0.4, -0.2) is 22.2 Å². The number of nitrogens with zero attached hydrogens (tertiary/aromatic N) is 2. The second kappa shape index (κ2) is 6.89. The van der Waals surface area contributed by atoms with E-state index in [2.05, 4.69) is 57.9 Å². The Kier molecular flexibility index (Phi) is 6.01. The number of nitriles is 1. The maximum absolute atomic E-state index is 8.56. The van der Waals surface area contributed by atoms with Crippen molar-refractivity contribution in [1.82, 2.24) is 4.90 Å². The lowest BCUT2D eigenvalue weighted by Crippen LogP contribution is -2.50. The normalized spacial score (nSPS) is 22.4. The van der Waals surface area contributed by atoms with Crippen LogP contribution in [0.25, 0.3) is 0 Å². The van der Waals surface area contributed by atoms with Crippen molar-refractivity contribution in [2.45, 2.75) is 78.8 Å². The minimum Gasteiger partial charge on any atom is -0.367 e. The molecule has 0 saturated carbocycles. The van der Waals surface area contributed by atoms with Gasteiger partial charge in [0.05, 0.1) is 0 Å². The third-order valence-corrected chi connectivity index (χ3v) is 4.47. The van der Waals surface area contributed by atoms with Crippen molar-refractivity contribution < 1.29 is 0 Å². The molecule has 1 atom stereocenters. The highest BCUT2D eigenvalue weighted by molar-refractivity contribution is 8.03. The molecular weight excluding hydrogens is 264 g/mol. The van der Waals surface area contributed by atoms with Crippen molar-refractivity contribution in [3.05, 3.63) is 11.8 Å². The summed E-state index contributed by atoms with van der Waals surface area (Å²) in [5, 5.41) is 10.7. The number of rotatable bonds is 5. The van der Waals surface area contributed by atoms with E-state index in [0.717, 1.165) is 18.6 Å². The molecule has 3 heteroatoms.